The van der Waals surface area contributed by atoms with Gasteiger partial charge in [-0.25, -0.2) is 0 Å². The van der Waals surface area contributed by atoms with Gasteiger partial charge in [0.25, 0.3) is 0 Å². The molecule has 1 saturated carbocycles. The average Bonchev–Trinajstić information content (AvgIpc) is 3.11. The van der Waals surface area contributed by atoms with E-state index in [0.717, 1.165) is 24.8 Å². The number of benzene rings is 1. The van der Waals surface area contributed by atoms with Crippen molar-refractivity contribution >= 4 is 47.7 Å². The minimum Gasteiger partial charge on any atom is -0.297 e. The van der Waals surface area contributed by atoms with E-state index in [1.807, 2.05) is 25.1 Å². The lowest BCUT2D eigenvalue weighted by molar-refractivity contribution is -0.121. The first-order valence-corrected chi connectivity index (χ1v) is 7.56. The van der Waals surface area contributed by atoms with Crippen LogP contribution in [0.1, 0.15) is 31.7 Å². The summed E-state index contributed by atoms with van der Waals surface area (Å²) in [5, 5.41) is 1.20. The fraction of sp³-hybridized carbons (Fsp3) is 0.400. The molecule has 0 heterocycles. The SMILES string of the molecule is CCC(C=Cc1ccc(Cl)cc1Cl)C(=O)C1(S)CC1. The van der Waals surface area contributed by atoms with Crippen molar-refractivity contribution in [2.75, 3.05) is 0 Å². The van der Waals surface area contributed by atoms with Crippen molar-refractivity contribution in [2.45, 2.75) is 30.9 Å². The van der Waals surface area contributed by atoms with Gasteiger partial charge in [0.2, 0.25) is 0 Å². The van der Waals surface area contributed by atoms with Gasteiger partial charge in [-0.05, 0) is 37.0 Å². The van der Waals surface area contributed by atoms with E-state index in [1.54, 1.807) is 12.1 Å². The van der Waals surface area contributed by atoms with Crippen molar-refractivity contribution in [3.63, 3.8) is 0 Å². The topological polar surface area (TPSA) is 17.1 Å². The van der Waals surface area contributed by atoms with Crippen LogP contribution in [0.4, 0.5) is 0 Å². The zero-order chi connectivity index (χ0) is 14.0. The molecule has 0 aliphatic heterocycles. The summed E-state index contributed by atoms with van der Waals surface area (Å²) in [6.45, 7) is 2.01. The third kappa shape index (κ3) is 3.56. The molecule has 102 valence electrons. The van der Waals surface area contributed by atoms with E-state index in [-0.39, 0.29) is 16.4 Å². The van der Waals surface area contributed by atoms with Crippen LogP contribution in [0.15, 0.2) is 24.3 Å². The summed E-state index contributed by atoms with van der Waals surface area (Å²) in [6.07, 6.45) is 6.38. The van der Waals surface area contributed by atoms with E-state index in [0.29, 0.717) is 10.0 Å². The highest BCUT2D eigenvalue weighted by molar-refractivity contribution is 7.83. The Kier molecular flexibility index (Phi) is 4.65. The monoisotopic (exact) mass is 314 g/mol. The molecule has 1 nitrogen and oxygen atoms in total. The van der Waals surface area contributed by atoms with Gasteiger partial charge in [-0.15, -0.1) is 0 Å². The second-order valence-electron chi connectivity index (χ2n) is 4.94. The van der Waals surface area contributed by atoms with Crippen LogP contribution >= 0.6 is 35.8 Å². The van der Waals surface area contributed by atoms with E-state index in [4.69, 9.17) is 23.2 Å². The van der Waals surface area contributed by atoms with Crippen LogP contribution in [0, 0.1) is 5.92 Å². The fourth-order valence-corrected chi connectivity index (χ4v) is 2.72. The number of hydrogen-bond acceptors (Lipinski definition) is 2. The number of hydrogen-bond donors (Lipinski definition) is 1. The van der Waals surface area contributed by atoms with Crippen LogP contribution < -0.4 is 0 Å². The zero-order valence-corrected chi connectivity index (χ0v) is 13.1. The Morgan fingerprint density at radius 1 is 1.47 bits per heavy atom. The summed E-state index contributed by atoms with van der Waals surface area (Å²) >= 11 is 16.4. The Labute approximate surface area is 129 Å². The largest absolute Gasteiger partial charge is 0.297 e. The zero-order valence-electron chi connectivity index (χ0n) is 10.7. The second kappa shape index (κ2) is 5.90. The summed E-state index contributed by atoms with van der Waals surface area (Å²) in [4.78, 5) is 12.2. The van der Waals surface area contributed by atoms with Gasteiger partial charge >= 0.3 is 0 Å². The van der Waals surface area contributed by atoms with E-state index in [9.17, 15) is 4.79 Å². The minimum absolute atomic E-state index is 0.0910. The Morgan fingerprint density at radius 3 is 2.68 bits per heavy atom. The van der Waals surface area contributed by atoms with Crippen molar-refractivity contribution in [1.82, 2.24) is 0 Å². The molecule has 19 heavy (non-hydrogen) atoms. The summed E-state index contributed by atoms with van der Waals surface area (Å²) in [7, 11) is 0. The molecular weight excluding hydrogens is 299 g/mol. The van der Waals surface area contributed by atoms with Crippen LogP contribution in [-0.4, -0.2) is 10.5 Å². The van der Waals surface area contributed by atoms with Crippen LogP contribution in [0.5, 0.6) is 0 Å². The third-order valence-electron chi connectivity index (χ3n) is 3.43. The molecule has 2 rings (SSSR count). The third-order valence-corrected chi connectivity index (χ3v) is 4.66. The van der Waals surface area contributed by atoms with E-state index in [2.05, 4.69) is 12.6 Å². The highest BCUT2D eigenvalue weighted by Gasteiger charge is 2.47. The number of rotatable bonds is 5. The number of thiol groups is 1. The lowest BCUT2D eigenvalue weighted by Gasteiger charge is -2.13. The van der Waals surface area contributed by atoms with Crippen LogP contribution in [0.25, 0.3) is 6.08 Å². The molecule has 0 amide bonds. The van der Waals surface area contributed by atoms with Crippen molar-refractivity contribution in [3.8, 4) is 0 Å². The number of carbonyl (C=O) groups excluding carboxylic acids is 1. The van der Waals surface area contributed by atoms with Gasteiger partial charge in [0.15, 0.2) is 5.78 Å². The van der Waals surface area contributed by atoms with Crippen LogP contribution in [0.3, 0.4) is 0 Å². The maximum absolute atomic E-state index is 12.2. The normalized spacial score (nSPS) is 18.5. The fourth-order valence-electron chi connectivity index (χ4n) is 1.98. The molecule has 4 heteroatoms. The molecule has 1 aliphatic rings. The molecule has 0 N–H and O–H groups in total. The van der Waals surface area contributed by atoms with Gasteiger partial charge in [-0.3, -0.25) is 4.79 Å². The maximum Gasteiger partial charge on any atom is 0.155 e. The maximum atomic E-state index is 12.2. The van der Waals surface area contributed by atoms with Crippen LogP contribution in [0.2, 0.25) is 10.0 Å². The van der Waals surface area contributed by atoms with Gasteiger partial charge in [0, 0.05) is 16.0 Å². The molecule has 1 fully saturated rings. The molecule has 0 saturated heterocycles. The number of allylic oxidation sites excluding steroid dienone is 1. The van der Waals surface area contributed by atoms with Gasteiger partial charge in [-0.1, -0.05) is 48.3 Å². The van der Waals surface area contributed by atoms with Gasteiger partial charge in [0.05, 0.1) is 4.75 Å². The molecule has 1 unspecified atom stereocenters. The first-order valence-electron chi connectivity index (χ1n) is 6.36. The number of Topliss-reactive ketones (excluding diaryl/α,β-unsaturated/α-hetero) is 1. The molecule has 1 aromatic carbocycles. The molecule has 0 aromatic heterocycles. The molecular formula is C15H16Cl2OS. The first kappa shape index (κ1) is 15.0. The van der Waals surface area contributed by atoms with Gasteiger partial charge < -0.3 is 0 Å². The lowest BCUT2D eigenvalue weighted by atomic mass is 9.96. The summed E-state index contributed by atoms with van der Waals surface area (Å²) < 4.78 is -0.380. The molecule has 0 radical (unpaired) electrons. The number of carbonyl (C=O) groups is 1. The highest BCUT2D eigenvalue weighted by Crippen LogP contribution is 2.45. The van der Waals surface area contributed by atoms with E-state index in [1.165, 1.54) is 0 Å². The quantitative estimate of drug-likeness (QED) is 0.751. The summed E-state index contributed by atoms with van der Waals surface area (Å²) in [5.74, 6) is 0.131. The lowest BCUT2D eigenvalue weighted by Crippen LogP contribution is -2.23. The van der Waals surface area contributed by atoms with Gasteiger partial charge in [-0.2, -0.15) is 12.6 Å². The number of ketones is 1. The van der Waals surface area contributed by atoms with Gasteiger partial charge in [0.1, 0.15) is 0 Å². The highest BCUT2D eigenvalue weighted by atomic mass is 35.5. The standard InChI is InChI=1S/C15H16Cl2OS/c1-2-10(14(18)15(19)7-8-15)3-4-11-5-6-12(16)9-13(11)17/h3-6,9-10,19H,2,7-8H2,1H3. The average molecular weight is 315 g/mol. The van der Waals surface area contributed by atoms with Crippen molar-refractivity contribution in [3.05, 3.63) is 39.9 Å². The predicted molar refractivity (Wildman–Crippen MR) is 85.2 cm³/mol. The molecule has 0 spiro atoms. The van der Waals surface area contributed by atoms with Crippen molar-refractivity contribution in [2.24, 2.45) is 5.92 Å². The Bertz CT molecular complexity index is 521. The van der Waals surface area contributed by atoms with E-state index < -0.39 is 0 Å². The van der Waals surface area contributed by atoms with E-state index >= 15 is 0 Å². The van der Waals surface area contributed by atoms with Crippen molar-refractivity contribution < 1.29 is 4.79 Å². The molecule has 1 aromatic rings. The summed E-state index contributed by atoms with van der Waals surface area (Å²) in [6, 6.07) is 5.34. The molecule has 0 bridgehead atoms. The minimum atomic E-state index is -0.380. The predicted octanol–water partition coefficient (Wildman–Crippen LogP) is 5.06. The molecule has 1 atom stereocenters. The first-order chi connectivity index (χ1) is 8.96. The Balaban J connectivity index is 2.13. The van der Waals surface area contributed by atoms with Crippen LogP contribution in [-0.2, 0) is 4.79 Å². The second-order valence-corrected chi connectivity index (χ2v) is 6.64. The Morgan fingerprint density at radius 2 is 2.16 bits per heavy atom. The van der Waals surface area contributed by atoms with Crippen molar-refractivity contribution in [1.29, 1.82) is 0 Å². The molecule has 1 aliphatic carbocycles. The summed E-state index contributed by atoms with van der Waals surface area (Å²) in [5.41, 5.74) is 0.876. The number of halogens is 2. The smallest absolute Gasteiger partial charge is 0.155 e. The Hall–Kier alpha value is -0.440.